The van der Waals surface area contributed by atoms with Crippen molar-refractivity contribution in [2.75, 3.05) is 5.88 Å². The second kappa shape index (κ2) is 7.71. The lowest BCUT2D eigenvalue weighted by molar-refractivity contribution is 0.300. The van der Waals surface area contributed by atoms with Gasteiger partial charge in [0.25, 0.3) is 0 Å². The number of hydrogen-bond donors (Lipinski definition) is 0. The molecule has 0 fully saturated rings. The molecule has 0 unspecified atom stereocenters. The monoisotopic (exact) mass is 299 g/mol. The van der Waals surface area contributed by atoms with E-state index in [1.165, 1.54) is 0 Å². The fraction of sp³-hybridized carbons (Fsp3) is 0.278. The predicted molar refractivity (Wildman–Crippen MR) is 86.7 cm³/mol. The van der Waals surface area contributed by atoms with Gasteiger partial charge in [0.1, 0.15) is 12.4 Å². The molecule has 1 aromatic heterocycles. The molecule has 1 aromatic carbocycles. The molecule has 108 valence electrons. The van der Waals surface area contributed by atoms with Crippen LogP contribution in [0.4, 0.5) is 0 Å². The van der Waals surface area contributed by atoms with Crippen molar-refractivity contribution in [2.24, 2.45) is 0 Å². The Labute approximate surface area is 131 Å². The molecule has 0 saturated heterocycles. The topological polar surface area (TPSA) is 22.1 Å². The first-order valence-electron chi connectivity index (χ1n) is 6.89. The molecule has 21 heavy (non-hydrogen) atoms. The number of ether oxygens (including phenoxy) is 1. The van der Waals surface area contributed by atoms with Crippen molar-refractivity contribution >= 4 is 11.6 Å². The first-order valence-corrected chi connectivity index (χ1v) is 7.43. The Morgan fingerprint density at radius 1 is 1.19 bits per heavy atom. The van der Waals surface area contributed by atoms with E-state index < -0.39 is 0 Å². The number of pyridine rings is 1. The highest BCUT2D eigenvalue weighted by Crippen LogP contribution is 2.18. The van der Waals surface area contributed by atoms with Gasteiger partial charge >= 0.3 is 0 Å². The molecule has 0 aliphatic heterocycles. The fourth-order valence-corrected chi connectivity index (χ4v) is 1.99. The zero-order valence-corrected chi connectivity index (χ0v) is 13.1. The van der Waals surface area contributed by atoms with Crippen molar-refractivity contribution in [3.63, 3.8) is 0 Å². The van der Waals surface area contributed by atoms with Gasteiger partial charge in [-0.15, -0.1) is 11.6 Å². The van der Waals surface area contributed by atoms with Gasteiger partial charge < -0.3 is 4.74 Å². The summed E-state index contributed by atoms with van der Waals surface area (Å²) < 4.78 is 5.80. The molecule has 0 atom stereocenters. The molecule has 1 heterocycles. The number of benzene rings is 1. The smallest absolute Gasteiger partial charge is 0.130 e. The average Bonchev–Trinajstić information content (AvgIpc) is 2.49. The summed E-state index contributed by atoms with van der Waals surface area (Å²) in [5, 5.41) is 0. The number of hydrogen-bond acceptors (Lipinski definition) is 2. The van der Waals surface area contributed by atoms with E-state index in [-0.39, 0.29) is 0 Å². The lowest BCUT2D eigenvalue weighted by atomic mass is 10.1. The van der Waals surface area contributed by atoms with E-state index in [0.29, 0.717) is 18.9 Å². The number of alkyl halides is 1. The summed E-state index contributed by atoms with van der Waals surface area (Å²) in [6, 6.07) is 9.89. The molecule has 3 heteroatoms. The highest BCUT2D eigenvalue weighted by molar-refractivity contribution is 6.18. The Bertz CT molecular complexity index is 670. The number of halogens is 1. The van der Waals surface area contributed by atoms with Gasteiger partial charge in [0.2, 0.25) is 0 Å². The molecule has 0 aliphatic rings. The predicted octanol–water partition coefficient (Wildman–Crippen LogP) is 4.26. The minimum absolute atomic E-state index is 0.476. The molecule has 0 amide bonds. The van der Waals surface area contributed by atoms with Crippen LogP contribution in [0.15, 0.2) is 36.5 Å². The van der Waals surface area contributed by atoms with Crippen LogP contribution in [0.1, 0.15) is 28.8 Å². The van der Waals surface area contributed by atoms with Crippen LogP contribution in [0.5, 0.6) is 5.75 Å². The van der Waals surface area contributed by atoms with Crippen LogP contribution in [0.25, 0.3) is 0 Å². The lowest BCUT2D eigenvalue weighted by Gasteiger charge is -2.09. The van der Waals surface area contributed by atoms with E-state index in [0.717, 1.165) is 28.1 Å². The van der Waals surface area contributed by atoms with Gasteiger partial charge in [-0.1, -0.05) is 17.9 Å². The molecule has 2 aromatic rings. The maximum atomic E-state index is 5.80. The van der Waals surface area contributed by atoms with Crippen molar-refractivity contribution in [3.05, 3.63) is 58.9 Å². The third-order valence-electron chi connectivity index (χ3n) is 3.13. The van der Waals surface area contributed by atoms with Gasteiger partial charge in [0, 0.05) is 24.1 Å². The highest BCUT2D eigenvalue weighted by atomic mass is 35.5. The summed E-state index contributed by atoms with van der Waals surface area (Å²) in [6.07, 6.45) is 2.49. The third kappa shape index (κ3) is 4.51. The van der Waals surface area contributed by atoms with Crippen LogP contribution in [0, 0.1) is 25.7 Å². The first kappa shape index (κ1) is 15.4. The molecule has 0 radical (unpaired) electrons. The summed E-state index contributed by atoms with van der Waals surface area (Å²) >= 11 is 5.62. The average molecular weight is 300 g/mol. The Morgan fingerprint density at radius 3 is 2.76 bits per heavy atom. The van der Waals surface area contributed by atoms with E-state index >= 15 is 0 Å². The highest BCUT2D eigenvalue weighted by Gasteiger charge is 2.02. The van der Waals surface area contributed by atoms with Gasteiger partial charge in [-0.3, -0.25) is 4.98 Å². The molecule has 0 bridgehead atoms. The number of nitrogens with zero attached hydrogens (tertiary/aromatic N) is 1. The van der Waals surface area contributed by atoms with E-state index in [1.807, 2.05) is 44.2 Å². The first-order chi connectivity index (χ1) is 10.2. The van der Waals surface area contributed by atoms with E-state index in [1.54, 1.807) is 6.20 Å². The summed E-state index contributed by atoms with van der Waals surface area (Å²) in [4.78, 5) is 4.32. The molecular formula is C18H18ClNO. The lowest BCUT2D eigenvalue weighted by Crippen LogP contribution is -2.00. The molecule has 0 N–H and O–H groups in total. The van der Waals surface area contributed by atoms with Gasteiger partial charge in [-0.25, -0.2) is 0 Å². The third-order valence-corrected chi connectivity index (χ3v) is 3.32. The van der Waals surface area contributed by atoms with E-state index in [9.17, 15) is 0 Å². The van der Waals surface area contributed by atoms with Crippen molar-refractivity contribution in [1.82, 2.24) is 4.98 Å². The summed E-state index contributed by atoms with van der Waals surface area (Å²) in [5.74, 6) is 7.57. The Hall–Kier alpha value is -1.98. The SMILES string of the molecule is Cc1cc(OCc2ncccc2C)ccc1C#CCCCl. The molecule has 2 rings (SSSR count). The van der Waals surface area contributed by atoms with Crippen molar-refractivity contribution in [3.8, 4) is 17.6 Å². The standard InChI is InChI=1S/C18H18ClNO/c1-14-6-5-11-20-18(14)13-21-17-9-8-16(15(2)12-17)7-3-4-10-19/h5-6,8-9,11-12H,4,10,13H2,1-2H3. The van der Waals surface area contributed by atoms with Crippen LogP contribution < -0.4 is 4.74 Å². The zero-order chi connectivity index (χ0) is 15.1. The minimum atomic E-state index is 0.476. The van der Waals surface area contributed by atoms with Gasteiger partial charge in [0.05, 0.1) is 5.69 Å². The Balaban J connectivity index is 2.04. The van der Waals surface area contributed by atoms with Crippen LogP contribution in [-0.4, -0.2) is 10.9 Å². The van der Waals surface area contributed by atoms with Crippen LogP contribution in [-0.2, 0) is 6.61 Å². The van der Waals surface area contributed by atoms with Crippen molar-refractivity contribution in [1.29, 1.82) is 0 Å². The maximum Gasteiger partial charge on any atom is 0.130 e. The molecule has 0 aliphatic carbocycles. The molecule has 2 nitrogen and oxygen atoms in total. The molecule has 0 saturated carbocycles. The van der Waals surface area contributed by atoms with E-state index in [4.69, 9.17) is 16.3 Å². The maximum absolute atomic E-state index is 5.80. The number of rotatable bonds is 4. The van der Waals surface area contributed by atoms with Crippen LogP contribution >= 0.6 is 11.6 Å². The Morgan fingerprint density at radius 2 is 2.05 bits per heavy atom. The summed E-state index contributed by atoms with van der Waals surface area (Å²) in [7, 11) is 0. The summed E-state index contributed by atoms with van der Waals surface area (Å²) in [6.45, 7) is 4.54. The van der Waals surface area contributed by atoms with Gasteiger partial charge in [-0.05, 0) is 49.2 Å². The zero-order valence-electron chi connectivity index (χ0n) is 12.3. The summed E-state index contributed by atoms with van der Waals surface area (Å²) in [5.41, 5.74) is 4.22. The van der Waals surface area contributed by atoms with Gasteiger partial charge in [0.15, 0.2) is 0 Å². The van der Waals surface area contributed by atoms with Crippen LogP contribution in [0.2, 0.25) is 0 Å². The van der Waals surface area contributed by atoms with Crippen molar-refractivity contribution < 1.29 is 4.74 Å². The van der Waals surface area contributed by atoms with Gasteiger partial charge in [-0.2, -0.15) is 0 Å². The van der Waals surface area contributed by atoms with Crippen LogP contribution in [0.3, 0.4) is 0 Å². The number of aromatic nitrogens is 1. The Kier molecular flexibility index (Phi) is 5.66. The number of aryl methyl sites for hydroxylation is 2. The largest absolute Gasteiger partial charge is 0.487 e. The quantitative estimate of drug-likeness (QED) is 0.622. The molecular weight excluding hydrogens is 282 g/mol. The van der Waals surface area contributed by atoms with E-state index in [2.05, 4.69) is 16.8 Å². The second-order valence-electron chi connectivity index (χ2n) is 4.77. The normalized spacial score (nSPS) is 9.86. The minimum Gasteiger partial charge on any atom is -0.487 e. The van der Waals surface area contributed by atoms with Crippen molar-refractivity contribution in [2.45, 2.75) is 26.9 Å². The second-order valence-corrected chi connectivity index (χ2v) is 5.15. The molecule has 0 spiro atoms. The fourth-order valence-electron chi connectivity index (χ4n) is 1.89.